The molecule has 1 saturated heterocycles. The van der Waals surface area contributed by atoms with Crippen molar-refractivity contribution in [1.29, 1.82) is 0 Å². The van der Waals surface area contributed by atoms with Gasteiger partial charge in [-0.15, -0.1) is 0 Å². The van der Waals surface area contributed by atoms with Gasteiger partial charge in [0, 0.05) is 5.56 Å². The molecule has 3 rings (SSSR count). The highest BCUT2D eigenvalue weighted by Gasteiger charge is 2.42. The largest absolute Gasteiger partial charge is 0.497 e. The molecule has 2 N–H and O–H groups in total. The van der Waals surface area contributed by atoms with Crippen molar-refractivity contribution in [3.8, 4) is 5.75 Å². The molecular formula is C20H21N2O5+. The molecule has 2 aromatic rings. The maximum absolute atomic E-state index is 12.7. The molecule has 27 heavy (non-hydrogen) atoms. The molecule has 1 aliphatic heterocycles. The minimum Gasteiger partial charge on any atom is -0.497 e. The molecule has 140 valence electrons. The molecule has 1 aliphatic rings. The van der Waals surface area contributed by atoms with Crippen LogP contribution in [0, 0.1) is 0 Å². The molecule has 0 spiro atoms. The van der Waals surface area contributed by atoms with Gasteiger partial charge in [-0.3, -0.25) is 9.59 Å². The summed E-state index contributed by atoms with van der Waals surface area (Å²) >= 11 is 0. The standard InChI is InChI=1S/C20H20N2O5/c1-26-16-9-3-13(4-10-16)12-21-17-11-18(23)22(19(17)24)15-7-5-14(6-8-15)20(25)27-2/h3-10,17,21H,11-12H2,1-2H3/p+1. The lowest BCUT2D eigenvalue weighted by atomic mass is 10.2. The van der Waals surface area contributed by atoms with E-state index >= 15 is 0 Å². The van der Waals surface area contributed by atoms with Gasteiger partial charge >= 0.3 is 5.97 Å². The van der Waals surface area contributed by atoms with Gasteiger partial charge in [-0.05, 0) is 48.5 Å². The van der Waals surface area contributed by atoms with Gasteiger partial charge < -0.3 is 14.8 Å². The molecule has 0 aliphatic carbocycles. The van der Waals surface area contributed by atoms with Gasteiger partial charge in [0.15, 0.2) is 6.04 Å². The predicted molar refractivity (Wildman–Crippen MR) is 97.3 cm³/mol. The van der Waals surface area contributed by atoms with Crippen molar-refractivity contribution in [3.63, 3.8) is 0 Å². The van der Waals surface area contributed by atoms with Crippen LogP contribution in [-0.4, -0.2) is 38.0 Å². The second-order valence-corrected chi connectivity index (χ2v) is 6.20. The van der Waals surface area contributed by atoms with Crippen molar-refractivity contribution in [2.75, 3.05) is 19.1 Å². The van der Waals surface area contributed by atoms with Gasteiger partial charge in [-0.2, -0.15) is 0 Å². The molecule has 7 heteroatoms. The highest BCUT2D eigenvalue weighted by Crippen LogP contribution is 2.22. The van der Waals surface area contributed by atoms with E-state index in [9.17, 15) is 14.4 Å². The van der Waals surface area contributed by atoms with Crippen LogP contribution in [0.25, 0.3) is 0 Å². The number of nitrogens with two attached hydrogens (primary N) is 1. The maximum atomic E-state index is 12.7. The van der Waals surface area contributed by atoms with Gasteiger partial charge in [-0.25, -0.2) is 9.69 Å². The Morgan fingerprint density at radius 2 is 1.74 bits per heavy atom. The Labute approximate surface area is 156 Å². The van der Waals surface area contributed by atoms with E-state index in [1.165, 1.54) is 24.1 Å². The summed E-state index contributed by atoms with van der Waals surface area (Å²) in [5.74, 6) is -0.195. The van der Waals surface area contributed by atoms with Crippen molar-refractivity contribution in [2.24, 2.45) is 0 Å². The summed E-state index contributed by atoms with van der Waals surface area (Å²) in [6, 6.07) is 13.4. The number of amides is 2. The van der Waals surface area contributed by atoms with E-state index in [-0.39, 0.29) is 18.2 Å². The summed E-state index contributed by atoms with van der Waals surface area (Å²) in [6.45, 7) is 0.586. The SMILES string of the molecule is COC(=O)c1ccc(N2C(=O)CC([NH2+]Cc3ccc(OC)cc3)C2=O)cc1. The fourth-order valence-corrected chi connectivity index (χ4v) is 3.02. The smallest absolute Gasteiger partial charge is 0.337 e. The van der Waals surface area contributed by atoms with Crippen LogP contribution in [0.3, 0.4) is 0 Å². The van der Waals surface area contributed by atoms with Gasteiger partial charge in [0.05, 0.1) is 31.9 Å². The minimum absolute atomic E-state index is 0.147. The molecule has 0 bridgehead atoms. The zero-order chi connectivity index (χ0) is 19.4. The maximum Gasteiger partial charge on any atom is 0.337 e. The topological polar surface area (TPSA) is 89.5 Å². The summed E-state index contributed by atoms with van der Waals surface area (Å²) in [6.07, 6.45) is 0.147. The first kappa shape index (κ1) is 18.6. The number of benzene rings is 2. The number of carbonyl (C=O) groups is 3. The molecule has 2 aromatic carbocycles. The van der Waals surface area contributed by atoms with Crippen LogP contribution < -0.4 is 15.0 Å². The van der Waals surface area contributed by atoms with E-state index in [1.807, 2.05) is 29.6 Å². The van der Waals surface area contributed by atoms with Crippen molar-refractivity contribution in [3.05, 3.63) is 59.7 Å². The zero-order valence-corrected chi connectivity index (χ0v) is 15.2. The second kappa shape index (κ2) is 8.01. The third-order valence-corrected chi connectivity index (χ3v) is 4.53. The lowest BCUT2D eigenvalue weighted by Gasteiger charge is -2.14. The van der Waals surface area contributed by atoms with Crippen molar-refractivity contribution in [1.82, 2.24) is 0 Å². The van der Waals surface area contributed by atoms with E-state index in [2.05, 4.69) is 4.74 Å². The molecule has 1 fully saturated rings. The number of anilines is 1. The Hall–Kier alpha value is -3.19. The highest BCUT2D eigenvalue weighted by molar-refractivity contribution is 6.21. The summed E-state index contributed by atoms with van der Waals surface area (Å²) in [5.41, 5.74) is 1.86. The second-order valence-electron chi connectivity index (χ2n) is 6.20. The minimum atomic E-state index is -0.466. The number of hydrogen-bond donors (Lipinski definition) is 1. The first-order chi connectivity index (χ1) is 13.0. The van der Waals surface area contributed by atoms with Gasteiger partial charge in [0.1, 0.15) is 12.3 Å². The van der Waals surface area contributed by atoms with Crippen molar-refractivity contribution < 1.29 is 29.2 Å². The number of methoxy groups -OCH3 is 2. The van der Waals surface area contributed by atoms with E-state index in [4.69, 9.17) is 4.74 Å². The summed E-state index contributed by atoms with van der Waals surface area (Å²) in [4.78, 5) is 37.7. The molecule has 0 aromatic heterocycles. The Bertz CT molecular complexity index is 846. The number of esters is 1. The van der Waals surface area contributed by atoms with E-state index in [0.29, 0.717) is 17.8 Å². The van der Waals surface area contributed by atoms with E-state index < -0.39 is 12.0 Å². The lowest BCUT2D eigenvalue weighted by Crippen LogP contribution is -2.90. The number of ether oxygens (including phenoxy) is 2. The van der Waals surface area contributed by atoms with Crippen molar-refractivity contribution >= 4 is 23.5 Å². The fraction of sp³-hybridized carbons (Fsp3) is 0.250. The van der Waals surface area contributed by atoms with Crippen LogP contribution in [0.1, 0.15) is 22.3 Å². The van der Waals surface area contributed by atoms with Gasteiger partial charge in [0.25, 0.3) is 5.91 Å². The molecule has 1 atom stereocenters. The van der Waals surface area contributed by atoms with Crippen LogP contribution >= 0.6 is 0 Å². The number of carbonyl (C=O) groups excluding carboxylic acids is 3. The average molecular weight is 369 g/mol. The molecule has 1 unspecified atom stereocenters. The average Bonchev–Trinajstić information content (AvgIpc) is 2.99. The zero-order valence-electron chi connectivity index (χ0n) is 15.2. The predicted octanol–water partition coefficient (Wildman–Crippen LogP) is 0.877. The Kier molecular flexibility index (Phi) is 5.52. The third-order valence-electron chi connectivity index (χ3n) is 4.53. The number of rotatable bonds is 6. The number of hydrogen-bond acceptors (Lipinski definition) is 5. The van der Waals surface area contributed by atoms with Gasteiger partial charge in [0.2, 0.25) is 5.91 Å². The Morgan fingerprint density at radius 1 is 1.07 bits per heavy atom. The molecule has 7 nitrogen and oxygen atoms in total. The monoisotopic (exact) mass is 369 g/mol. The summed E-state index contributed by atoms with van der Waals surface area (Å²) in [7, 11) is 2.91. The lowest BCUT2D eigenvalue weighted by molar-refractivity contribution is -0.690. The Balaban J connectivity index is 1.66. The Morgan fingerprint density at radius 3 is 2.33 bits per heavy atom. The quantitative estimate of drug-likeness (QED) is 0.603. The number of nitrogens with zero attached hydrogens (tertiary/aromatic N) is 1. The van der Waals surface area contributed by atoms with Crippen LogP contribution in [0.15, 0.2) is 48.5 Å². The number of quaternary nitrogens is 1. The molecule has 1 heterocycles. The molecule has 0 saturated carbocycles. The van der Waals surface area contributed by atoms with Crippen LogP contribution in [0.4, 0.5) is 5.69 Å². The van der Waals surface area contributed by atoms with E-state index in [0.717, 1.165) is 11.3 Å². The third kappa shape index (κ3) is 3.98. The molecular weight excluding hydrogens is 348 g/mol. The highest BCUT2D eigenvalue weighted by atomic mass is 16.5. The van der Waals surface area contributed by atoms with Crippen LogP contribution in [-0.2, 0) is 20.9 Å². The number of imide groups is 1. The van der Waals surface area contributed by atoms with E-state index in [1.54, 1.807) is 19.2 Å². The molecule has 2 amide bonds. The normalized spacial score (nSPS) is 16.5. The van der Waals surface area contributed by atoms with Crippen LogP contribution in [0.5, 0.6) is 5.75 Å². The molecule has 0 radical (unpaired) electrons. The van der Waals surface area contributed by atoms with Crippen molar-refractivity contribution in [2.45, 2.75) is 19.0 Å². The van der Waals surface area contributed by atoms with Crippen LogP contribution in [0.2, 0.25) is 0 Å². The first-order valence-corrected chi connectivity index (χ1v) is 8.55. The summed E-state index contributed by atoms with van der Waals surface area (Å²) in [5, 5.41) is 1.87. The van der Waals surface area contributed by atoms with Gasteiger partial charge in [-0.1, -0.05) is 0 Å². The fourth-order valence-electron chi connectivity index (χ4n) is 3.02. The first-order valence-electron chi connectivity index (χ1n) is 8.55. The summed E-state index contributed by atoms with van der Waals surface area (Å²) < 4.78 is 9.78.